The standard InChI is InChI=1S/C18H27ClN2/c1-15(2)11-18-13-20-17(14-21(18)10-6-9-19)12-16-7-4-3-5-8-16/h3-9,15,17-18,20H,10-14H2,1-2H3/b9-6+. The molecule has 1 aromatic carbocycles. The minimum Gasteiger partial charge on any atom is -0.311 e. The molecule has 0 spiro atoms. The molecule has 0 aromatic heterocycles. The van der Waals surface area contributed by atoms with Crippen LogP contribution in [0.1, 0.15) is 25.8 Å². The summed E-state index contributed by atoms with van der Waals surface area (Å²) in [7, 11) is 0. The van der Waals surface area contributed by atoms with Gasteiger partial charge in [0, 0.05) is 37.3 Å². The van der Waals surface area contributed by atoms with E-state index in [1.165, 1.54) is 12.0 Å². The van der Waals surface area contributed by atoms with Crippen molar-refractivity contribution in [1.29, 1.82) is 0 Å². The molecule has 1 aromatic rings. The molecular weight excluding hydrogens is 280 g/mol. The number of nitrogens with one attached hydrogen (secondary N) is 1. The molecule has 0 saturated carbocycles. The van der Waals surface area contributed by atoms with Gasteiger partial charge in [-0.05, 0) is 24.3 Å². The molecule has 3 heteroatoms. The van der Waals surface area contributed by atoms with Gasteiger partial charge in [-0.2, -0.15) is 0 Å². The van der Waals surface area contributed by atoms with Crippen molar-refractivity contribution in [2.24, 2.45) is 5.92 Å². The predicted octanol–water partition coefficient (Wildman–Crippen LogP) is 3.67. The smallest absolute Gasteiger partial charge is 0.0236 e. The Bertz CT molecular complexity index is 430. The molecule has 1 N–H and O–H groups in total. The van der Waals surface area contributed by atoms with Gasteiger partial charge in [-0.1, -0.05) is 61.9 Å². The van der Waals surface area contributed by atoms with Gasteiger partial charge in [0.05, 0.1) is 0 Å². The van der Waals surface area contributed by atoms with Crippen molar-refractivity contribution < 1.29 is 0 Å². The molecule has 2 atom stereocenters. The summed E-state index contributed by atoms with van der Waals surface area (Å²) in [6.45, 7) is 7.71. The Morgan fingerprint density at radius 2 is 2.10 bits per heavy atom. The van der Waals surface area contributed by atoms with Crippen LogP contribution in [0.5, 0.6) is 0 Å². The third kappa shape index (κ3) is 5.46. The molecule has 0 radical (unpaired) electrons. The van der Waals surface area contributed by atoms with E-state index in [-0.39, 0.29) is 0 Å². The van der Waals surface area contributed by atoms with Crippen molar-refractivity contribution in [3.63, 3.8) is 0 Å². The molecule has 1 saturated heterocycles. The fourth-order valence-corrected chi connectivity index (χ4v) is 3.22. The Hall–Kier alpha value is -0.830. The lowest BCUT2D eigenvalue weighted by atomic mass is 9.96. The van der Waals surface area contributed by atoms with Crippen molar-refractivity contribution >= 4 is 11.6 Å². The summed E-state index contributed by atoms with van der Waals surface area (Å²) in [6, 6.07) is 11.9. The first-order chi connectivity index (χ1) is 10.2. The molecule has 0 bridgehead atoms. The molecule has 2 rings (SSSR count). The van der Waals surface area contributed by atoms with E-state index in [1.54, 1.807) is 5.54 Å². The summed E-state index contributed by atoms with van der Waals surface area (Å²) in [6.07, 6.45) is 4.39. The number of hydrogen-bond acceptors (Lipinski definition) is 2. The fourth-order valence-electron chi connectivity index (χ4n) is 3.14. The topological polar surface area (TPSA) is 15.3 Å². The number of benzene rings is 1. The Labute approximate surface area is 134 Å². The van der Waals surface area contributed by atoms with E-state index in [0.29, 0.717) is 12.1 Å². The number of nitrogens with zero attached hydrogens (tertiary/aromatic N) is 1. The summed E-state index contributed by atoms with van der Waals surface area (Å²) in [5.74, 6) is 0.727. The van der Waals surface area contributed by atoms with Crippen LogP contribution < -0.4 is 5.32 Å². The fraction of sp³-hybridized carbons (Fsp3) is 0.556. The van der Waals surface area contributed by atoms with Crippen molar-refractivity contribution in [2.45, 2.75) is 38.8 Å². The highest BCUT2D eigenvalue weighted by Gasteiger charge is 2.27. The van der Waals surface area contributed by atoms with Crippen molar-refractivity contribution in [3.8, 4) is 0 Å². The summed E-state index contributed by atoms with van der Waals surface area (Å²) in [4.78, 5) is 2.57. The lowest BCUT2D eigenvalue weighted by Gasteiger charge is -2.41. The highest BCUT2D eigenvalue weighted by molar-refractivity contribution is 6.25. The lowest BCUT2D eigenvalue weighted by molar-refractivity contribution is 0.127. The van der Waals surface area contributed by atoms with Crippen LogP contribution in [0.2, 0.25) is 0 Å². The highest BCUT2D eigenvalue weighted by Crippen LogP contribution is 2.17. The average molecular weight is 307 g/mol. The number of piperazine rings is 1. The maximum Gasteiger partial charge on any atom is 0.0236 e. The summed E-state index contributed by atoms with van der Waals surface area (Å²) < 4.78 is 0. The third-order valence-electron chi connectivity index (χ3n) is 4.11. The maximum atomic E-state index is 5.72. The summed E-state index contributed by atoms with van der Waals surface area (Å²) in [5, 5.41) is 3.73. The van der Waals surface area contributed by atoms with Crippen LogP contribution in [0.4, 0.5) is 0 Å². The van der Waals surface area contributed by atoms with Crippen LogP contribution >= 0.6 is 11.6 Å². The van der Waals surface area contributed by atoms with Gasteiger partial charge in [0.1, 0.15) is 0 Å². The van der Waals surface area contributed by atoms with Crippen LogP contribution in [0, 0.1) is 5.92 Å². The van der Waals surface area contributed by atoms with Crippen molar-refractivity contribution in [1.82, 2.24) is 10.2 Å². The Morgan fingerprint density at radius 3 is 2.76 bits per heavy atom. The van der Waals surface area contributed by atoms with Gasteiger partial charge < -0.3 is 5.32 Å². The van der Waals surface area contributed by atoms with E-state index in [2.05, 4.69) is 60.5 Å². The van der Waals surface area contributed by atoms with E-state index >= 15 is 0 Å². The minimum absolute atomic E-state index is 0.527. The third-order valence-corrected chi connectivity index (χ3v) is 4.29. The van der Waals surface area contributed by atoms with Crippen LogP contribution in [0.25, 0.3) is 0 Å². The predicted molar refractivity (Wildman–Crippen MR) is 91.7 cm³/mol. The second-order valence-corrected chi connectivity index (χ2v) is 6.65. The zero-order valence-electron chi connectivity index (χ0n) is 13.1. The summed E-state index contributed by atoms with van der Waals surface area (Å²) >= 11 is 5.72. The minimum atomic E-state index is 0.527. The van der Waals surface area contributed by atoms with E-state index in [4.69, 9.17) is 11.6 Å². The van der Waals surface area contributed by atoms with Gasteiger partial charge in [-0.15, -0.1) is 0 Å². The van der Waals surface area contributed by atoms with Gasteiger partial charge in [0.15, 0.2) is 0 Å². The maximum absolute atomic E-state index is 5.72. The van der Waals surface area contributed by atoms with Gasteiger partial charge in [-0.25, -0.2) is 0 Å². The molecule has 1 heterocycles. The van der Waals surface area contributed by atoms with Crippen LogP contribution in [-0.4, -0.2) is 36.6 Å². The molecule has 0 amide bonds. The average Bonchev–Trinajstić information content (AvgIpc) is 2.48. The Kier molecular flexibility index (Phi) is 6.75. The second-order valence-electron chi connectivity index (χ2n) is 6.39. The molecular formula is C18H27ClN2. The highest BCUT2D eigenvalue weighted by atomic mass is 35.5. The zero-order chi connectivity index (χ0) is 15.1. The molecule has 1 aliphatic heterocycles. The van der Waals surface area contributed by atoms with E-state index in [1.807, 2.05) is 0 Å². The van der Waals surface area contributed by atoms with Crippen molar-refractivity contribution in [3.05, 3.63) is 47.5 Å². The first-order valence-corrected chi connectivity index (χ1v) is 8.39. The van der Waals surface area contributed by atoms with E-state index < -0.39 is 0 Å². The van der Waals surface area contributed by atoms with Crippen LogP contribution in [-0.2, 0) is 6.42 Å². The number of hydrogen-bond donors (Lipinski definition) is 1. The first-order valence-electron chi connectivity index (χ1n) is 7.95. The molecule has 2 nitrogen and oxygen atoms in total. The van der Waals surface area contributed by atoms with Crippen LogP contribution in [0.3, 0.4) is 0 Å². The SMILES string of the molecule is CC(C)CC1CNC(Cc2ccccc2)CN1C/C=C/Cl. The quantitative estimate of drug-likeness (QED) is 0.862. The normalized spacial score (nSPS) is 24.0. The van der Waals surface area contributed by atoms with Gasteiger partial charge in [0.25, 0.3) is 0 Å². The van der Waals surface area contributed by atoms with Gasteiger partial charge in [-0.3, -0.25) is 4.90 Å². The van der Waals surface area contributed by atoms with Crippen molar-refractivity contribution in [2.75, 3.05) is 19.6 Å². The molecule has 116 valence electrons. The van der Waals surface area contributed by atoms with E-state index in [0.717, 1.165) is 32.0 Å². The second kappa shape index (κ2) is 8.57. The number of rotatable bonds is 6. The van der Waals surface area contributed by atoms with Gasteiger partial charge >= 0.3 is 0 Å². The summed E-state index contributed by atoms with van der Waals surface area (Å²) in [5.41, 5.74) is 3.05. The zero-order valence-corrected chi connectivity index (χ0v) is 13.9. The monoisotopic (exact) mass is 306 g/mol. The first kappa shape index (κ1) is 16.5. The number of halogens is 1. The van der Waals surface area contributed by atoms with Crippen LogP contribution in [0.15, 0.2) is 41.9 Å². The molecule has 0 aliphatic carbocycles. The van der Waals surface area contributed by atoms with Gasteiger partial charge in [0.2, 0.25) is 0 Å². The Balaban J connectivity index is 1.95. The lowest BCUT2D eigenvalue weighted by Crippen LogP contribution is -2.57. The van der Waals surface area contributed by atoms with E-state index in [9.17, 15) is 0 Å². The molecule has 2 unspecified atom stereocenters. The Morgan fingerprint density at radius 1 is 1.33 bits per heavy atom. The largest absolute Gasteiger partial charge is 0.311 e. The molecule has 1 fully saturated rings. The molecule has 21 heavy (non-hydrogen) atoms. The molecule has 1 aliphatic rings.